The van der Waals surface area contributed by atoms with Gasteiger partial charge in [0.2, 0.25) is 0 Å². The molecule has 0 aliphatic carbocycles. The monoisotopic (exact) mass is 400 g/mol. The molecule has 3 aromatic rings. The van der Waals surface area contributed by atoms with Crippen LogP contribution in [0.5, 0.6) is 5.75 Å². The van der Waals surface area contributed by atoms with E-state index in [0.29, 0.717) is 16.9 Å². The maximum Gasteiger partial charge on any atom is 0.416 e. The highest BCUT2D eigenvalue weighted by Crippen LogP contribution is 2.31. The van der Waals surface area contributed by atoms with Crippen LogP contribution in [0.3, 0.4) is 0 Å². The van der Waals surface area contributed by atoms with Crippen LogP contribution in [0, 0.1) is 0 Å². The van der Waals surface area contributed by atoms with Gasteiger partial charge in [-0.2, -0.15) is 13.2 Å². The van der Waals surface area contributed by atoms with Crippen molar-refractivity contribution in [2.45, 2.75) is 19.1 Å². The van der Waals surface area contributed by atoms with E-state index in [9.17, 15) is 18.0 Å². The van der Waals surface area contributed by atoms with Crippen LogP contribution in [0.15, 0.2) is 67.0 Å². The van der Waals surface area contributed by atoms with Crippen LogP contribution in [0.2, 0.25) is 0 Å². The molecule has 29 heavy (non-hydrogen) atoms. The molecule has 1 heterocycles. The van der Waals surface area contributed by atoms with Crippen molar-refractivity contribution < 1.29 is 22.7 Å². The molecule has 1 aromatic heterocycles. The minimum atomic E-state index is -4.44. The number of alkyl halides is 3. The summed E-state index contributed by atoms with van der Waals surface area (Å²) in [6, 6.07) is 13.1. The molecule has 0 aliphatic rings. The van der Waals surface area contributed by atoms with E-state index in [1.54, 1.807) is 43.6 Å². The molecule has 1 N–H and O–H groups in total. The molecule has 0 fully saturated rings. The van der Waals surface area contributed by atoms with Crippen molar-refractivity contribution in [1.82, 2.24) is 10.3 Å². The zero-order valence-electron chi connectivity index (χ0n) is 15.8. The van der Waals surface area contributed by atoms with Gasteiger partial charge in [-0.25, -0.2) is 0 Å². The molecule has 150 valence electrons. The van der Waals surface area contributed by atoms with Gasteiger partial charge in [-0.3, -0.25) is 9.78 Å². The number of amides is 1. The van der Waals surface area contributed by atoms with Gasteiger partial charge in [-0.05, 0) is 60.0 Å². The fraction of sp³-hybridized carbons (Fsp3) is 0.182. The van der Waals surface area contributed by atoms with E-state index in [1.165, 1.54) is 13.2 Å². The minimum Gasteiger partial charge on any atom is -0.496 e. The highest BCUT2D eigenvalue weighted by atomic mass is 19.4. The second kappa shape index (κ2) is 8.34. The van der Waals surface area contributed by atoms with Gasteiger partial charge in [-0.1, -0.05) is 18.2 Å². The van der Waals surface area contributed by atoms with Crippen LogP contribution in [0.25, 0.3) is 11.1 Å². The van der Waals surface area contributed by atoms with Crippen LogP contribution >= 0.6 is 0 Å². The molecule has 0 saturated carbocycles. The summed E-state index contributed by atoms with van der Waals surface area (Å²) in [5.74, 6) is -0.0684. The molecule has 0 bridgehead atoms. The third-order valence-electron chi connectivity index (χ3n) is 4.52. The van der Waals surface area contributed by atoms with Crippen molar-refractivity contribution in [3.05, 3.63) is 83.7 Å². The summed E-state index contributed by atoms with van der Waals surface area (Å²) < 4.78 is 44.1. The first-order chi connectivity index (χ1) is 13.8. The van der Waals surface area contributed by atoms with Gasteiger partial charge in [0.15, 0.2) is 0 Å². The zero-order chi connectivity index (χ0) is 21.0. The first-order valence-electron chi connectivity index (χ1n) is 8.86. The smallest absolute Gasteiger partial charge is 0.416 e. The Morgan fingerprint density at radius 2 is 1.76 bits per heavy atom. The van der Waals surface area contributed by atoms with Crippen LogP contribution < -0.4 is 10.1 Å². The van der Waals surface area contributed by atoms with Crippen molar-refractivity contribution in [2.75, 3.05) is 7.11 Å². The topological polar surface area (TPSA) is 51.2 Å². The first kappa shape index (κ1) is 20.4. The largest absolute Gasteiger partial charge is 0.496 e. The Morgan fingerprint density at radius 3 is 2.41 bits per heavy atom. The third kappa shape index (κ3) is 4.74. The summed E-state index contributed by atoms with van der Waals surface area (Å²) in [6.07, 6.45) is -1.11. The molecule has 0 radical (unpaired) electrons. The number of carbonyl (C=O) groups is 1. The Morgan fingerprint density at radius 1 is 1.03 bits per heavy atom. The number of hydrogen-bond donors (Lipinski definition) is 1. The lowest BCUT2D eigenvalue weighted by molar-refractivity contribution is -0.137. The lowest BCUT2D eigenvalue weighted by atomic mass is 10.0. The molecule has 4 nitrogen and oxygen atoms in total. The molecule has 3 rings (SSSR count). The second-order valence-corrected chi connectivity index (χ2v) is 6.47. The molecule has 1 unspecified atom stereocenters. The number of hydrogen-bond acceptors (Lipinski definition) is 3. The van der Waals surface area contributed by atoms with E-state index in [0.717, 1.165) is 23.3 Å². The van der Waals surface area contributed by atoms with Crippen molar-refractivity contribution in [1.29, 1.82) is 0 Å². The number of halogens is 3. The first-order valence-corrected chi connectivity index (χ1v) is 8.86. The number of aromatic nitrogens is 1. The predicted molar refractivity (Wildman–Crippen MR) is 104 cm³/mol. The Kier molecular flexibility index (Phi) is 5.87. The summed E-state index contributed by atoms with van der Waals surface area (Å²) in [5, 5.41) is 2.73. The maximum absolute atomic E-state index is 12.9. The van der Waals surface area contributed by atoms with Crippen molar-refractivity contribution in [3.63, 3.8) is 0 Å². The number of nitrogens with zero attached hydrogens (tertiary/aromatic N) is 1. The van der Waals surface area contributed by atoms with Gasteiger partial charge in [0.25, 0.3) is 5.91 Å². The molecule has 1 atom stereocenters. The highest BCUT2D eigenvalue weighted by Gasteiger charge is 2.30. The molecule has 0 spiro atoms. The summed E-state index contributed by atoms with van der Waals surface area (Å²) in [5.41, 5.74) is 1.68. The van der Waals surface area contributed by atoms with Gasteiger partial charge in [-0.15, -0.1) is 0 Å². The Hall–Kier alpha value is -3.35. The van der Waals surface area contributed by atoms with Crippen LogP contribution in [0.1, 0.15) is 34.5 Å². The standard InChI is InChI=1S/C22H19F3N2O2/c1-14(16-4-3-5-18(12-16)22(23,24)25)27-21(28)19-7-6-17(13-20(19)29-2)15-8-10-26-11-9-15/h3-14H,1-2H3,(H,27,28). The Balaban J connectivity index is 1.82. The van der Waals surface area contributed by atoms with Crippen LogP contribution in [0.4, 0.5) is 13.2 Å². The summed E-state index contributed by atoms with van der Waals surface area (Å²) in [6.45, 7) is 1.63. The number of pyridine rings is 1. The number of benzene rings is 2. The normalized spacial score (nSPS) is 12.3. The van der Waals surface area contributed by atoms with E-state index in [4.69, 9.17) is 4.74 Å². The van der Waals surface area contributed by atoms with Gasteiger partial charge in [0.1, 0.15) is 5.75 Å². The molecular formula is C22H19F3N2O2. The van der Waals surface area contributed by atoms with Gasteiger partial charge in [0, 0.05) is 12.4 Å². The van der Waals surface area contributed by atoms with Crippen molar-refractivity contribution in [2.24, 2.45) is 0 Å². The number of nitrogens with one attached hydrogen (secondary N) is 1. The van der Waals surface area contributed by atoms with Crippen molar-refractivity contribution >= 4 is 5.91 Å². The average molecular weight is 400 g/mol. The summed E-state index contributed by atoms with van der Waals surface area (Å²) >= 11 is 0. The van der Waals surface area contributed by atoms with E-state index < -0.39 is 23.7 Å². The van der Waals surface area contributed by atoms with E-state index in [1.807, 2.05) is 12.1 Å². The summed E-state index contributed by atoms with van der Waals surface area (Å²) in [4.78, 5) is 16.7. The Bertz CT molecular complexity index is 1000. The van der Waals surface area contributed by atoms with Gasteiger partial charge in [0.05, 0.1) is 24.3 Å². The number of rotatable bonds is 5. The van der Waals surface area contributed by atoms with Crippen LogP contribution in [-0.2, 0) is 6.18 Å². The number of methoxy groups -OCH3 is 1. The van der Waals surface area contributed by atoms with Crippen molar-refractivity contribution in [3.8, 4) is 16.9 Å². The Labute approximate surface area is 166 Å². The predicted octanol–water partition coefficient (Wildman–Crippen LogP) is 5.27. The van der Waals surface area contributed by atoms with E-state index in [-0.39, 0.29) is 0 Å². The molecule has 7 heteroatoms. The molecular weight excluding hydrogens is 381 g/mol. The molecule has 2 aromatic carbocycles. The lowest BCUT2D eigenvalue weighted by Gasteiger charge is -2.17. The van der Waals surface area contributed by atoms with E-state index in [2.05, 4.69) is 10.3 Å². The summed E-state index contributed by atoms with van der Waals surface area (Å²) in [7, 11) is 1.46. The molecule has 1 amide bonds. The second-order valence-electron chi connectivity index (χ2n) is 6.47. The van der Waals surface area contributed by atoms with Crippen LogP contribution in [-0.4, -0.2) is 18.0 Å². The quantitative estimate of drug-likeness (QED) is 0.635. The SMILES string of the molecule is COc1cc(-c2ccncc2)ccc1C(=O)NC(C)c1cccc(C(F)(F)F)c1. The fourth-order valence-electron chi connectivity index (χ4n) is 2.94. The molecule has 0 saturated heterocycles. The fourth-order valence-corrected chi connectivity index (χ4v) is 2.94. The average Bonchev–Trinajstić information content (AvgIpc) is 2.73. The maximum atomic E-state index is 12.9. The van der Waals surface area contributed by atoms with Gasteiger partial charge < -0.3 is 10.1 Å². The minimum absolute atomic E-state index is 0.295. The lowest BCUT2D eigenvalue weighted by Crippen LogP contribution is -2.27. The van der Waals surface area contributed by atoms with E-state index >= 15 is 0 Å². The number of ether oxygens (including phenoxy) is 1. The third-order valence-corrected chi connectivity index (χ3v) is 4.52. The number of carbonyl (C=O) groups excluding carboxylic acids is 1. The zero-order valence-corrected chi connectivity index (χ0v) is 15.8. The molecule has 0 aliphatic heterocycles. The highest BCUT2D eigenvalue weighted by molar-refractivity contribution is 5.97. The van der Waals surface area contributed by atoms with Gasteiger partial charge >= 0.3 is 6.18 Å².